The summed E-state index contributed by atoms with van der Waals surface area (Å²) in [5.41, 5.74) is 0.745. The third-order valence-electron chi connectivity index (χ3n) is 6.92. The first-order chi connectivity index (χ1) is 17.0. The molecule has 2 aromatic rings. The molecule has 35 heavy (non-hydrogen) atoms. The quantitative estimate of drug-likeness (QED) is 0.668. The van der Waals surface area contributed by atoms with E-state index in [0.29, 0.717) is 35.2 Å². The fourth-order valence-electron chi connectivity index (χ4n) is 4.91. The molecular formula is C25H28ClN5O4. The molecule has 3 fully saturated rings. The van der Waals surface area contributed by atoms with Crippen molar-refractivity contribution in [3.8, 4) is 11.8 Å². The van der Waals surface area contributed by atoms with Crippen LogP contribution in [0.3, 0.4) is 0 Å². The maximum absolute atomic E-state index is 12.7. The molecule has 1 aromatic carbocycles. The van der Waals surface area contributed by atoms with Gasteiger partial charge in [-0.2, -0.15) is 5.26 Å². The Labute approximate surface area is 209 Å². The van der Waals surface area contributed by atoms with E-state index >= 15 is 0 Å². The molecule has 0 atom stereocenters. The fourth-order valence-corrected chi connectivity index (χ4v) is 5.13. The van der Waals surface area contributed by atoms with Gasteiger partial charge in [0.1, 0.15) is 11.8 Å². The highest BCUT2D eigenvalue weighted by atomic mass is 35.5. The molecule has 3 aliphatic rings. The van der Waals surface area contributed by atoms with Crippen molar-refractivity contribution in [2.45, 2.75) is 56.5 Å². The van der Waals surface area contributed by atoms with Crippen LogP contribution in [0.4, 0.5) is 5.82 Å². The van der Waals surface area contributed by atoms with Crippen LogP contribution in [0.5, 0.6) is 5.75 Å². The van der Waals surface area contributed by atoms with Gasteiger partial charge >= 0.3 is 0 Å². The van der Waals surface area contributed by atoms with Crippen LogP contribution in [0.2, 0.25) is 5.02 Å². The van der Waals surface area contributed by atoms with Crippen molar-refractivity contribution in [3.05, 3.63) is 46.6 Å². The number of anilines is 1. The minimum Gasteiger partial charge on any atom is -0.490 e. The van der Waals surface area contributed by atoms with Crippen molar-refractivity contribution < 1.29 is 19.0 Å². The van der Waals surface area contributed by atoms with E-state index < -0.39 is 5.79 Å². The Hall–Kier alpha value is -2.93. The Bertz CT molecular complexity index is 1080. The summed E-state index contributed by atoms with van der Waals surface area (Å²) in [6.45, 7) is 2.87. The molecule has 2 saturated heterocycles. The Morgan fingerprint density at radius 1 is 1.11 bits per heavy atom. The third kappa shape index (κ3) is 5.50. The number of nitrogens with zero attached hydrogens (tertiary/aromatic N) is 4. The summed E-state index contributed by atoms with van der Waals surface area (Å²) in [4.78, 5) is 14.9. The van der Waals surface area contributed by atoms with Crippen LogP contribution >= 0.6 is 11.6 Å². The van der Waals surface area contributed by atoms with Gasteiger partial charge in [0, 0.05) is 38.0 Å². The lowest BCUT2D eigenvalue weighted by Gasteiger charge is -2.37. The average Bonchev–Trinajstić information content (AvgIpc) is 3.34. The average molecular weight is 498 g/mol. The first kappa shape index (κ1) is 23.8. The summed E-state index contributed by atoms with van der Waals surface area (Å²) in [5.74, 6) is 0.777. The van der Waals surface area contributed by atoms with Crippen LogP contribution in [0.1, 0.15) is 54.6 Å². The highest BCUT2D eigenvalue weighted by Gasteiger charge is 2.40. The van der Waals surface area contributed by atoms with Crippen LogP contribution < -0.4 is 15.0 Å². The highest BCUT2D eigenvalue weighted by Crippen LogP contribution is 2.32. The van der Waals surface area contributed by atoms with Gasteiger partial charge < -0.3 is 24.4 Å². The molecule has 10 heteroatoms. The molecule has 1 aromatic heterocycles. The summed E-state index contributed by atoms with van der Waals surface area (Å²) in [6.07, 6.45) is 4.89. The largest absolute Gasteiger partial charge is 0.490 e. The van der Waals surface area contributed by atoms with E-state index in [-0.39, 0.29) is 18.1 Å². The number of aromatic nitrogens is 2. The van der Waals surface area contributed by atoms with Crippen LogP contribution in [0, 0.1) is 11.3 Å². The van der Waals surface area contributed by atoms with Crippen LogP contribution in [-0.2, 0) is 9.47 Å². The minimum absolute atomic E-state index is 0.0509. The molecule has 5 rings (SSSR count). The molecular weight excluding hydrogens is 470 g/mol. The second-order valence-electron chi connectivity index (χ2n) is 9.19. The van der Waals surface area contributed by atoms with Gasteiger partial charge in [0.15, 0.2) is 17.3 Å². The predicted octanol–water partition coefficient (Wildman–Crippen LogP) is 3.46. The first-order valence-electron chi connectivity index (χ1n) is 12.1. The summed E-state index contributed by atoms with van der Waals surface area (Å²) in [5, 5.41) is 20.9. The topological polar surface area (TPSA) is 110 Å². The second-order valence-corrected chi connectivity index (χ2v) is 9.60. The summed E-state index contributed by atoms with van der Waals surface area (Å²) in [7, 11) is 0. The van der Waals surface area contributed by atoms with E-state index in [4.69, 9.17) is 31.1 Å². The number of rotatable bonds is 5. The summed E-state index contributed by atoms with van der Waals surface area (Å²) >= 11 is 6.09. The number of nitrogens with one attached hydrogen (secondary N) is 1. The number of amides is 1. The normalized spacial score (nSPS) is 23.6. The molecule has 1 N–H and O–H groups in total. The maximum Gasteiger partial charge on any atom is 0.272 e. The number of halogens is 1. The molecule has 184 valence electrons. The number of ether oxygens (including phenoxy) is 3. The smallest absolute Gasteiger partial charge is 0.272 e. The first-order valence-corrected chi connectivity index (χ1v) is 12.5. The lowest BCUT2D eigenvalue weighted by Crippen LogP contribution is -2.45. The van der Waals surface area contributed by atoms with E-state index in [0.717, 1.165) is 57.4 Å². The van der Waals surface area contributed by atoms with Crippen molar-refractivity contribution in [2.75, 3.05) is 31.2 Å². The van der Waals surface area contributed by atoms with E-state index in [1.165, 1.54) is 0 Å². The van der Waals surface area contributed by atoms with Gasteiger partial charge in [-0.15, -0.1) is 10.2 Å². The molecule has 0 radical (unpaired) electrons. The van der Waals surface area contributed by atoms with Gasteiger partial charge in [-0.05, 0) is 49.9 Å². The lowest BCUT2D eigenvalue weighted by molar-refractivity contribution is -0.169. The SMILES string of the molecule is N#Cc1ccc(OC2CCC(NC(=O)c3ccc(N4CCC5(CC4)OCCO5)nn3)CC2)cc1Cl. The van der Waals surface area contributed by atoms with Gasteiger partial charge in [-0.1, -0.05) is 11.6 Å². The van der Waals surface area contributed by atoms with Crippen molar-refractivity contribution in [2.24, 2.45) is 0 Å². The molecule has 1 saturated carbocycles. The highest BCUT2D eigenvalue weighted by molar-refractivity contribution is 6.31. The molecule has 9 nitrogen and oxygen atoms in total. The summed E-state index contributed by atoms with van der Waals surface area (Å²) in [6, 6.07) is 10.8. The Morgan fingerprint density at radius 3 is 2.49 bits per heavy atom. The van der Waals surface area contributed by atoms with Gasteiger partial charge in [-0.3, -0.25) is 4.79 Å². The predicted molar refractivity (Wildman–Crippen MR) is 128 cm³/mol. The van der Waals surface area contributed by atoms with Crippen molar-refractivity contribution in [1.29, 1.82) is 5.26 Å². The van der Waals surface area contributed by atoms with E-state index in [1.807, 2.05) is 12.1 Å². The molecule has 2 aliphatic heterocycles. The zero-order valence-corrected chi connectivity index (χ0v) is 20.2. The molecule has 1 aliphatic carbocycles. The zero-order valence-electron chi connectivity index (χ0n) is 19.4. The van der Waals surface area contributed by atoms with Gasteiger partial charge in [0.05, 0.1) is 29.9 Å². The maximum atomic E-state index is 12.7. The van der Waals surface area contributed by atoms with E-state index in [2.05, 4.69) is 20.4 Å². The van der Waals surface area contributed by atoms with Crippen LogP contribution in [0.15, 0.2) is 30.3 Å². The number of benzene rings is 1. The number of piperidine rings is 1. The number of hydrogen-bond acceptors (Lipinski definition) is 8. The molecule has 0 unspecified atom stereocenters. The second kappa shape index (κ2) is 10.4. The Morgan fingerprint density at radius 2 is 1.86 bits per heavy atom. The third-order valence-corrected chi connectivity index (χ3v) is 7.23. The number of carbonyl (C=O) groups excluding carboxylic acids is 1. The standard InChI is InChI=1S/C25H28ClN5O4/c26-21-15-20(4-1-17(21)16-27)35-19-5-2-18(3-6-19)28-24(32)22-7-8-23(30-29-22)31-11-9-25(10-12-31)33-13-14-34-25/h1,4,7-8,15,18-19H,2-3,5-6,9-14H2,(H,28,32). The fraction of sp³-hybridized carbons (Fsp3) is 0.520. The van der Waals surface area contributed by atoms with Crippen molar-refractivity contribution >= 4 is 23.3 Å². The van der Waals surface area contributed by atoms with Crippen LogP contribution in [0.25, 0.3) is 0 Å². The molecule has 1 amide bonds. The lowest BCUT2D eigenvalue weighted by atomic mass is 9.93. The van der Waals surface area contributed by atoms with E-state index in [9.17, 15) is 4.79 Å². The molecule has 3 heterocycles. The Balaban J connectivity index is 1.08. The van der Waals surface area contributed by atoms with E-state index in [1.54, 1.807) is 24.3 Å². The number of carbonyl (C=O) groups is 1. The van der Waals surface area contributed by atoms with Crippen LogP contribution in [-0.4, -0.2) is 60.3 Å². The monoisotopic (exact) mass is 497 g/mol. The minimum atomic E-state index is -0.428. The van der Waals surface area contributed by atoms with Crippen molar-refractivity contribution in [1.82, 2.24) is 15.5 Å². The zero-order chi connectivity index (χ0) is 24.3. The van der Waals surface area contributed by atoms with Gasteiger partial charge in [-0.25, -0.2) is 0 Å². The van der Waals surface area contributed by atoms with Gasteiger partial charge in [0.25, 0.3) is 5.91 Å². The molecule has 0 bridgehead atoms. The van der Waals surface area contributed by atoms with Crippen molar-refractivity contribution in [3.63, 3.8) is 0 Å². The molecule has 1 spiro atoms. The number of hydrogen-bond donors (Lipinski definition) is 1. The summed E-state index contributed by atoms with van der Waals surface area (Å²) < 4.78 is 17.6. The van der Waals surface area contributed by atoms with Gasteiger partial charge in [0.2, 0.25) is 0 Å². The number of nitriles is 1. The Kier molecular flexibility index (Phi) is 7.04.